The Morgan fingerprint density at radius 1 is 1.00 bits per heavy atom. The van der Waals surface area contributed by atoms with Crippen molar-refractivity contribution in [1.82, 2.24) is 10.6 Å². The first kappa shape index (κ1) is 24.8. The summed E-state index contributed by atoms with van der Waals surface area (Å²) in [6.45, 7) is 5.39. The van der Waals surface area contributed by atoms with Crippen LogP contribution in [0, 0.1) is 12.7 Å². The van der Waals surface area contributed by atoms with Crippen LogP contribution in [0.3, 0.4) is 0 Å². The molecule has 0 aliphatic carbocycles. The van der Waals surface area contributed by atoms with Gasteiger partial charge in [-0.05, 0) is 43.2 Å². The zero-order valence-electron chi connectivity index (χ0n) is 17.5. The molecule has 0 amide bonds. The molecule has 0 saturated carbocycles. The first-order valence-electron chi connectivity index (χ1n) is 9.09. The monoisotopic (exact) mass is 517 g/mol. The second-order valence-electron chi connectivity index (χ2n) is 6.13. The Labute approximate surface area is 188 Å². The highest BCUT2D eigenvalue weighted by Gasteiger charge is 2.15. The maximum atomic E-state index is 13.4. The second kappa shape index (κ2) is 12.4. The van der Waals surface area contributed by atoms with Gasteiger partial charge in [0.05, 0.1) is 27.9 Å². The summed E-state index contributed by atoms with van der Waals surface area (Å²) in [6.07, 6.45) is 0. The maximum absolute atomic E-state index is 13.4. The normalized spacial score (nSPS) is 10.8. The van der Waals surface area contributed by atoms with Gasteiger partial charge in [-0.3, -0.25) is 0 Å². The third-order valence-electron chi connectivity index (χ3n) is 4.22. The summed E-state index contributed by atoms with van der Waals surface area (Å²) in [5.74, 6) is 2.21. The van der Waals surface area contributed by atoms with Crippen LogP contribution in [-0.4, -0.2) is 33.8 Å². The molecule has 0 aliphatic rings. The third kappa shape index (κ3) is 6.66. The lowest BCUT2D eigenvalue weighted by atomic mass is 10.1. The van der Waals surface area contributed by atoms with Gasteiger partial charge in [-0.1, -0.05) is 12.1 Å². The van der Waals surface area contributed by atoms with E-state index in [1.54, 1.807) is 40.4 Å². The number of benzene rings is 2. The van der Waals surface area contributed by atoms with Crippen molar-refractivity contribution in [3.8, 4) is 17.2 Å². The Bertz CT molecular complexity index is 831. The molecule has 29 heavy (non-hydrogen) atoms. The maximum Gasteiger partial charge on any atom is 0.203 e. The summed E-state index contributed by atoms with van der Waals surface area (Å²) < 4.78 is 29.7. The van der Waals surface area contributed by atoms with E-state index in [-0.39, 0.29) is 29.8 Å². The number of hydrogen-bond donors (Lipinski definition) is 2. The van der Waals surface area contributed by atoms with Gasteiger partial charge < -0.3 is 24.8 Å². The fourth-order valence-electron chi connectivity index (χ4n) is 2.80. The van der Waals surface area contributed by atoms with Crippen LogP contribution in [-0.2, 0) is 13.1 Å². The molecule has 0 unspecified atom stereocenters. The minimum atomic E-state index is -0.210. The van der Waals surface area contributed by atoms with E-state index in [9.17, 15) is 4.39 Å². The molecule has 0 fully saturated rings. The summed E-state index contributed by atoms with van der Waals surface area (Å²) >= 11 is 0. The van der Waals surface area contributed by atoms with Crippen molar-refractivity contribution in [2.24, 2.45) is 4.99 Å². The summed E-state index contributed by atoms with van der Waals surface area (Å²) in [4.78, 5) is 4.58. The molecule has 0 aromatic heterocycles. The largest absolute Gasteiger partial charge is 0.493 e. The minimum Gasteiger partial charge on any atom is -0.493 e. The second-order valence-corrected chi connectivity index (χ2v) is 6.13. The number of aryl methyl sites for hydroxylation is 1. The Hall–Kier alpha value is -2.23. The van der Waals surface area contributed by atoms with Crippen molar-refractivity contribution in [3.05, 3.63) is 52.8 Å². The molecule has 160 valence electrons. The van der Waals surface area contributed by atoms with Crippen molar-refractivity contribution >= 4 is 29.9 Å². The highest BCUT2D eigenvalue weighted by Crippen LogP contribution is 2.39. The SMILES string of the molecule is CCNC(=NCc1ccc(F)c(C)c1)NCc1ccc(OC)c(OC)c1OC.I. The number of hydrogen-bond acceptors (Lipinski definition) is 4. The Kier molecular flexibility index (Phi) is 10.6. The molecule has 0 aliphatic heterocycles. The summed E-state index contributed by atoms with van der Waals surface area (Å²) in [6, 6.07) is 8.77. The molecule has 0 radical (unpaired) electrons. The lowest BCUT2D eigenvalue weighted by Crippen LogP contribution is -2.36. The topological polar surface area (TPSA) is 64.1 Å². The van der Waals surface area contributed by atoms with Gasteiger partial charge in [0.25, 0.3) is 0 Å². The number of ether oxygens (including phenoxy) is 3. The van der Waals surface area contributed by atoms with Crippen LogP contribution in [0.4, 0.5) is 4.39 Å². The van der Waals surface area contributed by atoms with Crippen LogP contribution < -0.4 is 24.8 Å². The fraction of sp³-hybridized carbons (Fsp3) is 0.381. The fourth-order valence-corrected chi connectivity index (χ4v) is 2.80. The molecular weight excluding hydrogens is 488 g/mol. The standard InChI is InChI=1S/C21H28FN3O3.HI/c1-6-23-21(24-12-15-7-9-17(22)14(2)11-15)25-13-16-8-10-18(26-3)20(28-5)19(16)27-4;/h7-11H,6,12-13H2,1-5H3,(H2,23,24,25);1H. The van der Waals surface area contributed by atoms with Gasteiger partial charge in [0.15, 0.2) is 17.5 Å². The van der Waals surface area contributed by atoms with Gasteiger partial charge in [0.1, 0.15) is 5.82 Å². The molecule has 2 aromatic carbocycles. The van der Waals surface area contributed by atoms with E-state index in [4.69, 9.17) is 14.2 Å². The number of rotatable bonds is 8. The van der Waals surface area contributed by atoms with Gasteiger partial charge in [-0.15, -0.1) is 24.0 Å². The molecule has 8 heteroatoms. The van der Waals surface area contributed by atoms with E-state index in [1.165, 1.54) is 6.07 Å². The number of halogens is 2. The molecule has 0 bridgehead atoms. The summed E-state index contributed by atoms with van der Waals surface area (Å²) in [5.41, 5.74) is 2.46. The van der Waals surface area contributed by atoms with Crippen molar-refractivity contribution in [3.63, 3.8) is 0 Å². The van der Waals surface area contributed by atoms with E-state index in [1.807, 2.05) is 19.1 Å². The third-order valence-corrected chi connectivity index (χ3v) is 4.22. The zero-order chi connectivity index (χ0) is 20.5. The van der Waals surface area contributed by atoms with Gasteiger partial charge in [-0.2, -0.15) is 0 Å². The van der Waals surface area contributed by atoms with Crippen molar-refractivity contribution in [1.29, 1.82) is 0 Å². The Balaban J connectivity index is 0.00000420. The van der Waals surface area contributed by atoms with Gasteiger partial charge in [-0.25, -0.2) is 9.38 Å². The molecule has 0 atom stereocenters. The van der Waals surface area contributed by atoms with Crippen LogP contribution in [0.1, 0.15) is 23.6 Å². The van der Waals surface area contributed by atoms with Crippen LogP contribution in [0.2, 0.25) is 0 Å². The van der Waals surface area contributed by atoms with Crippen LogP contribution in [0.15, 0.2) is 35.3 Å². The number of methoxy groups -OCH3 is 3. The first-order chi connectivity index (χ1) is 13.5. The van der Waals surface area contributed by atoms with E-state index in [2.05, 4.69) is 15.6 Å². The average molecular weight is 517 g/mol. The van der Waals surface area contributed by atoms with Crippen LogP contribution in [0.5, 0.6) is 17.2 Å². The highest BCUT2D eigenvalue weighted by atomic mass is 127. The molecule has 0 saturated heterocycles. The molecule has 0 spiro atoms. The lowest BCUT2D eigenvalue weighted by Gasteiger charge is -2.17. The predicted molar refractivity (Wildman–Crippen MR) is 124 cm³/mol. The van der Waals surface area contributed by atoms with Crippen molar-refractivity contribution in [2.75, 3.05) is 27.9 Å². The van der Waals surface area contributed by atoms with E-state index >= 15 is 0 Å². The van der Waals surface area contributed by atoms with E-state index in [0.29, 0.717) is 41.9 Å². The number of aliphatic imine (C=N–C) groups is 1. The molecule has 6 nitrogen and oxygen atoms in total. The van der Waals surface area contributed by atoms with Crippen molar-refractivity contribution in [2.45, 2.75) is 26.9 Å². The summed E-state index contributed by atoms with van der Waals surface area (Å²) in [5, 5.41) is 6.49. The number of guanidine groups is 1. The zero-order valence-corrected chi connectivity index (χ0v) is 19.8. The Morgan fingerprint density at radius 2 is 1.72 bits per heavy atom. The quantitative estimate of drug-likeness (QED) is 0.315. The first-order valence-corrected chi connectivity index (χ1v) is 9.09. The summed E-state index contributed by atoms with van der Waals surface area (Å²) in [7, 11) is 4.76. The molecule has 2 aromatic rings. The lowest BCUT2D eigenvalue weighted by molar-refractivity contribution is 0.322. The number of nitrogens with one attached hydrogen (secondary N) is 2. The molecule has 0 heterocycles. The van der Waals surface area contributed by atoms with Gasteiger partial charge in [0.2, 0.25) is 5.75 Å². The average Bonchev–Trinajstić information content (AvgIpc) is 2.71. The number of nitrogens with zero attached hydrogens (tertiary/aromatic N) is 1. The minimum absolute atomic E-state index is 0. The molecule has 2 N–H and O–H groups in total. The van der Waals surface area contributed by atoms with Gasteiger partial charge in [0, 0.05) is 18.7 Å². The van der Waals surface area contributed by atoms with Crippen LogP contribution in [0.25, 0.3) is 0 Å². The highest BCUT2D eigenvalue weighted by molar-refractivity contribution is 14.0. The van der Waals surface area contributed by atoms with E-state index in [0.717, 1.165) is 17.7 Å². The van der Waals surface area contributed by atoms with Crippen molar-refractivity contribution < 1.29 is 18.6 Å². The molecular formula is C21H29FIN3O3. The molecule has 2 rings (SSSR count). The Morgan fingerprint density at radius 3 is 2.31 bits per heavy atom. The van der Waals surface area contributed by atoms with Crippen LogP contribution >= 0.6 is 24.0 Å². The van der Waals surface area contributed by atoms with E-state index < -0.39 is 0 Å². The smallest absolute Gasteiger partial charge is 0.203 e. The van der Waals surface area contributed by atoms with Gasteiger partial charge >= 0.3 is 0 Å². The predicted octanol–water partition coefficient (Wildman–Crippen LogP) is 4.03.